The largest absolute Gasteiger partial charge is 0.586 e. The van der Waals surface area contributed by atoms with Gasteiger partial charge in [-0.2, -0.15) is 0 Å². The number of carbonyl (C=O) groups excluding carboxylic acids is 3. The number of carbonyl (C=O) groups is 3. The Hall–Kier alpha value is -3.69. The van der Waals surface area contributed by atoms with E-state index >= 15 is 0 Å². The minimum Gasteiger partial charge on any atom is -0.395 e. The molecule has 2 aliphatic rings. The Morgan fingerprint density at radius 3 is 2.50 bits per heavy atom. The summed E-state index contributed by atoms with van der Waals surface area (Å²) in [6.07, 6.45) is -3.73. The van der Waals surface area contributed by atoms with Gasteiger partial charge in [-0.15, -0.1) is 8.78 Å². The Morgan fingerprint density at radius 1 is 1.11 bits per heavy atom. The molecular formula is C18H13F2N3O5. The molecule has 1 saturated heterocycles. The summed E-state index contributed by atoms with van der Waals surface area (Å²) in [6.45, 7) is 0.0731. The summed E-state index contributed by atoms with van der Waals surface area (Å²) in [4.78, 5) is 36.6. The molecule has 0 radical (unpaired) electrons. The topological polar surface area (TPSA) is 97.0 Å². The third-order valence-corrected chi connectivity index (χ3v) is 4.15. The van der Waals surface area contributed by atoms with E-state index in [-0.39, 0.29) is 36.2 Å². The normalized spacial score (nSPS) is 16.9. The second kappa shape index (κ2) is 6.48. The molecular weight excluding hydrogens is 376 g/mol. The lowest BCUT2D eigenvalue weighted by atomic mass is 10.1. The van der Waals surface area contributed by atoms with Crippen LogP contribution in [0.15, 0.2) is 42.5 Å². The van der Waals surface area contributed by atoms with Gasteiger partial charge in [0.1, 0.15) is 0 Å². The quantitative estimate of drug-likeness (QED) is 0.783. The molecule has 2 aromatic rings. The smallest absolute Gasteiger partial charge is 0.395 e. The van der Waals surface area contributed by atoms with E-state index in [1.54, 1.807) is 12.1 Å². The fourth-order valence-electron chi connectivity index (χ4n) is 2.79. The first-order valence-corrected chi connectivity index (χ1v) is 8.19. The van der Waals surface area contributed by atoms with Crippen LogP contribution in [0.1, 0.15) is 15.9 Å². The van der Waals surface area contributed by atoms with E-state index in [4.69, 9.17) is 0 Å². The van der Waals surface area contributed by atoms with Gasteiger partial charge in [-0.05, 0) is 29.8 Å². The first kappa shape index (κ1) is 17.7. The maximum atomic E-state index is 13.0. The van der Waals surface area contributed by atoms with Gasteiger partial charge in [0.15, 0.2) is 11.5 Å². The SMILES string of the molecule is O=C(Nc1ccc2c(c1)OC(F)(F)O2)c1ccc(CN2C(=O)CNC2=O)cc1. The highest BCUT2D eigenvalue weighted by Crippen LogP contribution is 2.42. The van der Waals surface area contributed by atoms with Crippen LogP contribution in [0.4, 0.5) is 19.3 Å². The van der Waals surface area contributed by atoms with Crippen LogP contribution in [0.3, 0.4) is 0 Å². The number of alkyl halides is 2. The molecule has 0 spiro atoms. The van der Waals surface area contributed by atoms with E-state index in [2.05, 4.69) is 20.1 Å². The van der Waals surface area contributed by atoms with Crippen LogP contribution in [-0.4, -0.2) is 35.6 Å². The molecule has 0 bridgehead atoms. The van der Waals surface area contributed by atoms with Gasteiger partial charge in [-0.3, -0.25) is 14.5 Å². The molecule has 1 fully saturated rings. The van der Waals surface area contributed by atoms with Crippen LogP contribution in [0.5, 0.6) is 11.5 Å². The highest BCUT2D eigenvalue weighted by atomic mass is 19.3. The first-order valence-electron chi connectivity index (χ1n) is 8.19. The maximum Gasteiger partial charge on any atom is 0.586 e. The van der Waals surface area contributed by atoms with E-state index in [1.807, 2.05) is 0 Å². The van der Waals surface area contributed by atoms with Crippen molar-refractivity contribution in [2.45, 2.75) is 12.8 Å². The summed E-state index contributed by atoms with van der Waals surface area (Å²) in [7, 11) is 0. The number of nitrogens with zero attached hydrogens (tertiary/aromatic N) is 1. The molecule has 0 aliphatic carbocycles. The number of imide groups is 1. The van der Waals surface area contributed by atoms with Crippen LogP contribution in [0.2, 0.25) is 0 Å². The van der Waals surface area contributed by atoms with Crippen LogP contribution in [0, 0.1) is 0 Å². The second-order valence-corrected chi connectivity index (χ2v) is 6.12. The number of benzene rings is 2. The number of hydrogen-bond acceptors (Lipinski definition) is 5. The highest BCUT2D eigenvalue weighted by Gasteiger charge is 2.43. The molecule has 2 N–H and O–H groups in total. The Morgan fingerprint density at radius 2 is 1.82 bits per heavy atom. The Kier molecular flexibility index (Phi) is 4.10. The van der Waals surface area contributed by atoms with E-state index < -0.39 is 18.2 Å². The molecule has 8 nitrogen and oxygen atoms in total. The number of nitrogens with one attached hydrogen (secondary N) is 2. The van der Waals surface area contributed by atoms with Crippen LogP contribution in [-0.2, 0) is 11.3 Å². The molecule has 2 heterocycles. The average molecular weight is 389 g/mol. The van der Waals surface area contributed by atoms with Gasteiger partial charge >= 0.3 is 12.3 Å². The van der Waals surface area contributed by atoms with E-state index in [1.165, 1.54) is 30.3 Å². The first-order chi connectivity index (χ1) is 13.3. The fraction of sp³-hybridized carbons (Fsp3) is 0.167. The zero-order valence-electron chi connectivity index (χ0n) is 14.2. The van der Waals surface area contributed by atoms with Crippen LogP contribution in [0.25, 0.3) is 0 Å². The van der Waals surface area contributed by atoms with Crippen molar-refractivity contribution in [3.63, 3.8) is 0 Å². The molecule has 0 unspecified atom stereocenters. The number of urea groups is 1. The molecule has 144 valence electrons. The van der Waals surface area contributed by atoms with Crippen molar-refractivity contribution < 1.29 is 32.6 Å². The fourth-order valence-corrected chi connectivity index (χ4v) is 2.79. The van der Waals surface area contributed by atoms with Gasteiger partial charge in [0.05, 0.1) is 13.1 Å². The van der Waals surface area contributed by atoms with E-state index in [0.29, 0.717) is 11.1 Å². The van der Waals surface area contributed by atoms with Crippen LogP contribution >= 0.6 is 0 Å². The van der Waals surface area contributed by atoms with Gasteiger partial charge in [-0.1, -0.05) is 12.1 Å². The summed E-state index contributed by atoms with van der Waals surface area (Å²) < 4.78 is 34.7. The molecule has 2 aliphatic heterocycles. The number of rotatable bonds is 4. The molecule has 4 rings (SSSR count). The van der Waals surface area contributed by atoms with Crippen molar-refractivity contribution in [1.82, 2.24) is 10.2 Å². The van der Waals surface area contributed by atoms with E-state index in [0.717, 1.165) is 4.90 Å². The summed E-state index contributed by atoms with van der Waals surface area (Å²) in [5, 5.41) is 5.00. The lowest BCUT2D eigenvalue weighted by molar-refractivity contribution is -0.286. The highest BCUT2D eigenvalue weighted by molar-refractivity contribution is 6.04. The van der Waals surface area contributed by atoms with Crippen molar-refractivity contribution in [3.05, 3.63) is 53.6 Å². The minimum atomic E-state index is -3.73. The maximum absolute atomic E-state index is 13.0. The lowest BCUT2D eigenvalue weighted by Crippen LogP contribution is -2.30. The minimum absolute atomic E-state index is 0.0270. The van der Waals surface area contributed by atoms with Crippen molar-refractivity contribution >= 4 is 23.5 Å². The number of amides is 4. The second-order valence-electron chi connectivity index (χ2n) is 6.12. The van der Waals surface area contributed by atoms with Gasteiger partial charge in [-0.25, -0.2) is 4.79 Å². The third-order valence-electron chi connectivity index (χ3n) is 4.15. The molecule has 0 atom stereocenters. The zero-order valence-corrected chi connectivity index (χ0v) is 14.2. The number of anilines is 1. The number of fused-ring (bicyclic) bond motifs is 1. The summed E-state index contributed by atoms with van der Waals surface area (Å²) >= 11 is 0. The van der Waals surface area contributed by atoms with E-state index in [9.17, 15) is 23.2 Å². The average Bonchev–Trinajstić information content (AvgIpc) is 3.13. The van der Waals surface area contributed by atoms with Crippen molar-refractivity contribution in [3.8, 4) is 11.5 Å². The summed E-state index contributed by atoms with van der Waals surface area (Å²) in [5.41, 5.74) is 1.24. The monoisotopic (exact) mass is 389 g/mol. The van der Waals surface area contributed by atoms with Crippen molar-refractivity contribution in [2.75, 3.05) is 11.9 Å². The Labute approximate surface area is 157 Å². The number of hydrogen-bond donors (Lipinski definition) is 2. The summed E-state index contributed by atoms with van der Waals surface area (Å²) in [5.74, 6) is -1.08. The Bertz CT molecular complexity index is 962. The Balaban J connectivity index is 1.42. The van der Waals surface area contributed by atoms with Gasteiger partial charge in [0, 0.05) is 17.3 Å². The summed E-state index contributed by atoms with van der Waals surface area (Å²) in [6, 6.07) is 9.76. The zero-order chi connectivity index (χ0) is 19.9. The van der Waals surface area contributed by atoms with Gasteiger partial charge in [0.25, 0.3) is 5.91 Å². The predicted molar refractivity (Wildman–Crippen MR) is 91.0 cm³/mol. The van der Waals surface area contributed by atoms with Crippen LogP contribution < -0.4 is 20.1 Å². The lowest BCUT2D eigenvalue weighted by Gasteiger charge is -2.12. The third kappa shape index (κ3) is 3.43. The number of ether oxygens (including phenoxy) is 2. The molecule has 2 aromatic carbocycles. The molecule has 0 aromatic heterocycles. The predicted octanol–water partition coefficient (Wildman–Crippen LogP) is 2.31. The number of halogens is 2. The molecule has 0 saturated carbocycles. The van der Waals surface area contributed by atoms with Gasteiger partial charge < -0.3 is 20.1 Å². The van der Waals surface area contributed by atoms with Crippen molar-refractivity contribution in [2.24, 2.45) is 0 Å². The standard InChI is InChI=1S/C18H13F2N3O5/c19-18(20)27-13-6-5-12(7-14(13)28-18)22-16(25)11-3-1-10(2-4-11)9-23-15(24)8-21-17(23)26/h1-7H,8-9H2,(H,21,26)(H,22,25). The van der Waals surface area contributed by atoms with Gasteiger partial charge in [0.2, 0.25) is 5.91 Å². The molecule has 4 amide bonds. The molecule has 10 heteroatoms. The molecule has 28 heavy (non-hydrogen) atoms. The van der Waals surface area contributed by atoms with Crippen molar-refractivity contribution in [1.29, 1.82) is 0 Å².